The third-order valence-corrected chi connectivity index (χ3v) is 10.5. The maximum Gasteiger partial charge on any atom is 0.264 e. The summed E-state index contributed by atoms with van der Waals surface area (Å²) in [6.07, 6.45) is -1.09. The van der Waals surface area contributed by atoms with Crippen LogP contribution in [0.4, 0.5) is 5.69 Å². The fourth-order valence-electron chi connectivity index (χ4n) is 4.30. The summed E-state index contributed by atoms with van der Waals surface area (Å²) in [7, 11) is -4.64. The molecule has 0 unspecified atom stereocenters. The molecule has 1 N–H and O–H groups in total. The maximum atomic E-state index is 13.8. The van der Waals surface area contributed by atoms with Gasteiger partial charge in [-0.3, -0.25) is 9.10 Å². The highest BCUT2D eigenvalue weighted by molar-refractivity contribution is 7.92. The van der Waals surface area contributed by atoms with Crippen LogP contribution in [0.1, 0.15) is 31.9 Å². The van der Waals surface area contributed by atoms with Gasteiger partial charge in [0.15, 0.2) is 6.10 Å². The van der Waals surface area contributed by atoms with E-state index < -0.39 is 32.1 Å². The zero-order chi connectivity index (χ0) is 30.9. The molecule has 4 rings (SSSR count). The zero-order valence-electron chi connectivity index (χ0n) is 24.6. The molecule has 226 valence electrons. The number of amides is 1. The summed E-state index contributed by atoms with van der Waals surface area (Å²) in [4.78, 5) is 13.4. The minimum atomic E-state index is -4.00. The van der Waals surface area contributed by atoms with E-state index in [9.17, 15) is 21.6 Å². The van der Waals surface area contributed by atoms with Gasteiger partial charge >= 0.3 is 0 Å². The Hall–Kier alpha value is -3.61. The Morgan fingerprint density at radius 3 is 2.19 bits per heavy atom. The number of carbonyl (C=O) groups excluding carboxylic acids is 1. The average Bonchev–Trinajstić information content (AvgIpc) is 2.94. The predicted molar refractivity (Wildman–Crippen MR) is 161 cm³/mol. The summed E-state index contributed by atoms with van der Waals surface area (Å²) in [5.41, 5.74) is 2.01. The summed E-state index contributed by atoms with van der Waals surface area (Å²) in [5.74, 6) is 0.254. The minimum Gasteiger partial charge on any atom is -0.492 e. The van der Waals surface area contributed by atoms with Crippen LogP contribution in [0.15, 0.2) is 76.5 Å². The molecule has 0 radical (unpaired) electrons. The van der Waals surface area contributed by atoms with Crippen molar-refractivity contribution in [2.24, 2.45) is 0 Å². The van der Waals surface area contributed by atoms with Gasteiger partial charge in [0.2, 0.25) is 10.0 Å². The van der Waals surface area contributed by atoms with E-state index in [1.54, 1.807) is 48.5 Å². The van der Waals surface area contributed by atoms with Crippen molar-refractivity contribution in [3.8, 4) is 11.5 Å². The largest absolute Gasteiger partial charge is 0.492 e. The molecule has 1 amide bonds. The van der Waals surface area contributed by atoms with Crippen LogP contribution in [0.25, 0.3) is 0 Å². The third-order valence-electron chi connectivity index (χ3n) is 6.87. The molecule has 0 fully saturated rings. The van der Waals surface area contributed by atoms with E-state index in [4.69, 9.17) is 9.47 Å². The quantitative estimate of drug-likeness (QED) is 0.365. The second-order valence-electron chi connectivity index (χ2n) is 11.3. The molecule has 0 saturated heterocycles. The number of nitrogens with one attached hydrogen (secondary N) is 1. The Balaban J connectivity index is 1.48. The van der Waals surface area contributed by atoms with Gasteiger partial charge in [-0.1, -0.05) is 44.5 Å². The predicted octanol–water partition coefficient (Wildman–Crippen LogP) is 3.69. The lowest BCUT2D eigenvalue weighted by Crippen LogP contribution is -2.51. The number of fused-ring (bicyclic) bond motifs is 1. The first-order valence-electron chi connectivity index (χ1n) is 13.4. The van der Waals surface area contributed by atoms with E-state index in [0.29, 0.717) is 17.2 Å². The van der Waals surface area contributed by atoms with E-state index in [0.717, 1.165) is 15.4 Å². The third kappa shape index (κ3) is 6.71. The van der Waals surface area contributed by atoms with Crippen LogP contribution in [0.5, 0.6) is 11.5 Å². The maximum absolute atomic E-state index is 13.8. The van der Waals surface area contributed by atoms with Crippen molar-refractivity contribution in [2.75, 3.05) is 38.1 Å². The molecular weight excluding hydrogens is 578 g/mol. The topological polar surface area (TPSA) is 122 Å². The first-order chi connectivity index (χ1) is 19.6. The van der Waals surface area contributed by atoms with Crippen molar-refractivity contribution in [1.82, 2.24) is 9.62 Å². The van der Waals surface area contributed by atoms with Gasteiger partial charge in [0.05, 0.1) is 28.6 Å². The lowest BCUT2D eigenvalue weighted by Gasteiger charge is -2.36. The average molecular weight is 616 g/mol. The smallest absolute Gasteiger partial charge is 0.264 e. The van der Waals surface area contributed by atoms with Crippen LogP contribution in [-0.2, 0) is 30.3 Å². The molecular formula is C30H37N3O7S2. The first kappa shape index (κ1) is 31.3. The van der Waals surface area contributed by atoms with Gasteiger partial charge in [0.25, 0.3) is 15.9 Å². The van der Waals surface area contributed by atoms with Gasteiger partial charge in [0, 0.05) is 14.1 Å². The normalized spacial score (nSPS) is 15.6. The lowest BCUT2D eigenvalue weighted by molar-refractivity contribution is -0.127. The summed E-state index contributed by atoms with van der Waals surface area (Å²) in [6.45, 7) is 8.02. The molecule has 12 heteroatoms. The van der Waals surface area contributed by atoms with E-state index >= 15 is 0 Å². The van der Waals surface area contributed by atoms with Crippen LogP contribution in [0.2, 0.25) is 0 Å². The number of carbonyl (C=O) groups is 1. The minimum absolute atomic E-state index is 0.106. The van der Waals surface area contributed by atoms with Crippen molar-refractivity contribution in [3.63, 3.8) is 0 Å². The van der Waals surface area contributed by atoms with Gasteiger partial charge in [-0.2, -0.15) is 0 Å². The number of sulfonamides is 2. The van der Waals surface area contributed by atoms with Gasteiger partial charge < -0.3 is 14.8 Å². The molecule has 10 nitrogen and oxygen atoms in total. The number of benzene rings is 3. The molecule has 0 bridgehead atoms. The Bertz CT molecular complexity index is 1650. The molecule has 0 saturated carbocycles. The molecule has 0 aliphatic carbocycles. The Morgan fingerprint density at radius 1 is 0.976 bits per heavy atom. The molecule has 1 aliphatic rings. The van der Waals surface area contributed by atoms with Crippen molar-refractivity contribution >= 4 is 31.6 Å². The van der Waals surface area contributed by atoms with Crippen molar-refractivity contribution < 1.29 is 31.1 Å². The Labute approximate surface area is 248 Å². The van der Waals surface area contributed by atoms with E-state index in [1.807, 2.05) is 33.8 Å². The first-order valence-corrected chi connectivity index (χ1v) is 16.3. The fraction of sp³-hybridized carbons (Fsp3) is 0.367. The molecule has 3 aromatic rings. The van der Waals surface area contributed by atoms with E-state index in [1.165, 1.54) is 30.5 Å². The molecule has 0 spiro atoms. The molecule has 0 aromatic heterocycles. The lowest BCUT2D eigenvalue weighted by atomic mass is 9.86. The molecule has 1 atom stereocenters. The van der Waals surface area contributed by atoms with Gasteiger partial charge in [-0.25, -0.2) is 21.1 Å². The second-order valence-corrected chi connectivity index (χ2v) is 15.3. The Kier molecular flexibility index (Phi) is 8.91. The van der Waals surface area contributed by atoms with Crippen molar-refractivity contribution in [2.45, 2.75) is 49.0 Å². The monoisotopic (exact) mass is 615 g/mol. The Morgan fingerprint density at radius 2 is 1.60 bits per heavy atom. The highest BCUT2D eigenvalue weighted by atomic mass is 32.2. The number of aryl methyl sites for hydroxylation is 1. The zero-order valence-corrected chi connectivity index (χ0v) is 26.3. The second kappa shape index (κ2) is 11.9. The number of hydrogen-bond donors (Lipinski definition) is 1. The fourth-order valence-corrected chi connectivity index (χ4v) is 6.66. The van der Waals surface area contributed by atoms with Crippen LogP contribution < -0.4 is 19.1 Å². The summed E-state index contributed by atoms with van der Waals surface area (Å²) in [5, 5.41) is 2.75. The number of hydrogen-bond acceptors (Lipinski definition) is 7. The number of ether oxygens (including phenoxy) is 2. The van der Waals surface area contributed by atoms with Crippen molar-refractivity contribution in [3.05, 3.63) is 77.9 Å². The van der Waals surface area contributed by atoms with Crippen molar-refractivity contribution in [1.29, 1.82) is 0 Å². The molecule has 1 heterocycles. The molecule has 1 aliphatic heterocycles. The standard InChI is InChI=1S/C30H37N3O7S2/c1-21-7-12-25(13-8-21)42(37,38)33-20-28(40-27-16-9-22(19-26(27)33)30(2,3)4)29(34)31-17-18-39-23-10-14-24(15-11-23)41(35,36)32(5)6/h7-16,19,28H,17-18,20H2,1-6H3,(H,31,34)/t28-/m1/s1. The van der Waals surface area contributed by atoms with Gasteiger partial charge in [-0.05, 0) is 66.4 Å². The summed E-state index contributed by atoms with van der Waals surface area (Å²) >= 11 is 0. The van der Waals surface area contributed by atoms with Crippen LogP contribution in [-0.4, -0.2) is 66.9 Å². The van der Waals surface area contributed by atoms with Crippen LogP contribution in [0.3, 0.4) is 0 Å². The number of rotatable bonds is 9. The highest BCUT2D eigenvalue weighted by Crippen LogP contribution is 2.40. The highest BCUT2D eigenvalue weighted by Gasteiger charge is 2.38. The number of nitrogens with zero attached hydrogens (tertiary/aromatic N) is 2. The number of anilines is 1. The van der Waals surface area contributed by atoms with Gasteiger partial charge in [0.1, 0.15) is 18.1 Å². The SMILES string of the molecule is Cc1ccc(S(=O)(=O)N2C[C@H](C(=O)NCCOc3ccc(S(=O)(=O)N(C)C)cc3)Oc3ccc(C(C)(C)C)cc32)cc1. The molecule has 42 heavy (non-hydrogen) atoms. The van der Waals surface area contributed by atoms with E-state index in [2.05, 4.69) is 5.32 Å². The summed E-state index contributed by atoms with van der Waals surface area (Å²) < 4.78 is 66.1. The van der Waals surface area contributed by atoms with Crippen LogP contribution in [0, 0.1) is 6.92 Å². The van der Waals surface area contributed by atoms with E-state index in [-0.39, 0.29) is 34.9 Å². The van der Waals surface area contributed by atoms with Gasteiger partial charge in [-0.15, -0.1) is 0 Å². The molecule has 3 aromatic carbocycles. The van der Waals surface area contributed by atoms with Crippen LogP contribution >= 0.6 is 0 Å². The summed E-state index contributed by atoms with van der Waals surface area (Å²) in [6, 6.07) is 17.9.